The van der Waals surface area contributed by atoms with E-state index in [1.165, 1.54) is 17.7 Å². The van der Waals surface area contributed by atoms with Gasteiger partial charge in [-0.05, 0) is 0 Å². The molecule has 0 radical (unpaired) electrons. The van der Waals surface area contributed by atoms with Gasteiger partial charge in [0.1, 0.15) is 12.4 Å². The third kappa shape index (κ3) is 3.66. The van der Waals surface area contributed by atoms with Crippen molar-refractivity contribution in [2.45, 2.75) is 18.8 Å². The molecule has 3 N–H and O–H groups in total. The van der Waals surface area contributed by atoms with Crippen LogP contribution in [0.2, 0.25) is 0 Å². The van der Waals surface area contributed by atoms with Crippen LogP contribution in [-0.4, -0.2) is 49.9 Å². The molecule has 1 aliphatic rings. The first-order chi connectivity index (χ1) is 9.26. The molecule has 20 heavy (non-hydrogen) atoms. The van der Waals surface area contributed by atoms with Crippen LogP contribution < -0.4 is 5.73 Å². The van der Waals surface area contributed by atoms with Gasteiger partial charge < -0.3 is 15.4 Å². The molecule has 0 aromatic carbocycles. The fraction of sp³-hybridized carbons (Fsp3) is 0.556. The lowest BCUT2D eigenvalue weighted by atomic mass is 10.2. The zero-order valence-corrected chi connectivity index (χ0v) is 12.2. The van der Waals surface area contributed by atoms with Crippen LogP contribution in [0, 0.1) is 0 Å². The second kappa shape index (κ2) is 5.65. The Balaban J connectivity index is 2.00. The van der Waals surface area contributed by atoms with Crippen molar-refractivity contribution in [3.63, 3.8) is 0 Å². The van der Waals surface area contributed by atoms with Gasteiger partial charge >= 0.3 is 0 Å². The molecule has 1 unspecified atom stereocenters. The maximum Gasteiger partial charge on any atom is 0.288 e. The average molecular weight is 320 g/mol. The van der Waals surface area contributed by atoms with Crippen molar-refractivity contribution in [3.8, 4) is 0 Å². The van der Waals surface area contributed by atoms with Crippen LogP contribution in [0.3, 0.4) is 0 Å². The van der Waals surface area contributed by atoms with E-state index in [0.29, 0.717) is 0 Å². The zero-order chi connectivity index (χ0) is 14.9. The van der Waals surface area contributed by atoms with Crippen LogP contribution in [0.4, 0.5) is 0 Å². The Morgan fingerprint density at radius 1 is 1.75 bits per heavy atom. The molecular formula is C9H13N4O5PS. The second-order valence-electron chi connectivity index (χ2n) is 4.26. The standard InChI is InChI=1S/C9H13N4O5PS/c1-19(16,17)20-3-6-5(14)2-7(18-6)13-4-11-9(12-13)8(10)15/h4,6-7H,2-3H2,1H3,(H2,10,15)(H,16,17)/t6-,7-/m1/s1. The summed E-state index contributed by atoms with van der Waals surface area (Å²) in [5.41, 5.74) is 5.03. The van der Waals surface area contributed by atoms with Crippen LogP contribution >= 0.6 is 18.0 Å². The predicted octanol–water partition coefficient (Wildman–Crippen LogP) is -0.218. The fourth-order valence-electron chi connectivity index (χ4n) is 1.64. The van der Waals surface area contributed by atoms with E-state index in [0.717, 1.165) is 11.4 Å². The van der Waals surface area contributed by atoms with Crippen molar-refractivity contribution in [2.24, 2.45) is 5.73 Å². The fourth-order valence-corrected chi connectivity index (χ4v) is 3.55. The molecule has 110 valence electrons. The summed E-state index contributed by atoms with van der Waals surface area (Å²) in [6, 6.07) is 0. The molecule has 11 heteroatoms. The quantitative estimate of drug-likeness (QED) is 0.710. The summed E-state index contributed by atoms with van der Waals surface area (Å²) in [7, 11) is 0. The number of ketones is 1. The van der Waals surface area contributed by atoms with Crippen LogP contribution in [0.25, 0.3) is 0 Å². The first-order valence-electron chi connectivity index (χ1n) is 5.60. The zero-order valence-electron chi connectivity index (χ0n) is 10.5. The van der Waals surface area contributed by atoms with E-state index in [9.17, 15) is 19.0 Å². The van der Waals surface area contributed by atoms with Crippen molar-refractivity contribution < 1.29 is 23.8 Å². The van der Waals surface area contributed by atoms with Crippen LogP contribution in [0.15, 0.2) is 6.33 Å². The maximum atomic E-state index is 11.8. The Kier molecular flexibility index (Phi) is 4.28. The Morgan fingerprint density at radius 3 is 3.00 bits per heavy atom. The molecule has 9 nitrogen and oxygen atoms in total. The van der Waals surface area contributed by atoms with Gasteiger partial charge in [-0.25, -0.2) is 9.67 Å². The third-order valence-corrected chi connectivity index (χ3v) is 5.36. The Morgan fingerprint density at radius 2 is 2.45 bits per heavy atom. The van der Waals surface area contributed by atoms with E-state index >= 15 is 0 Å². The van der Waals surface area contributed by atoms with Crippen LogP contribution in [0.5, 0.6) is 0 Å². The highest BCUT2D eigenvalue weighted by atomic mass is 32.7. The molecule has 3 atom stereocenters. The Hall–Kier alpha value is -1.22. The number of carbonyl (C=O) groups is 2. The van der Waals surface area contributed by atoms with Gasteiger partial charge in [-0.15, -0.1) is 5.10 Å². The molecule has 2 rings (SSSR count). The number of primary amides is 1. The van der Waals surface area contributed by atoms with Crippen molar-refractivity contribution in [2.75, 3.05) is 12.4 Å². The Bertz CT molecular complexity index is 585. The third-order valence-electron chi connectivity index (χ3n) is 2.55. The molecule has 0 saturated carbocycles. The summed E-state index contributed by atoms with van der Waals surface area (Å²) in [6.07, 6.45) is -0.133. The molecule has 1 fully saturated rings. The minimum atomic E-state index is -3.26. The van der Waals surface area contributed by atoms with Crippen molar-refractivity contribution in [1.29, 1.82) is 0 Å². The highest BCUT2D eigenvalue weighted by Crippen LogP contribution is 2.51. The number of Topliss-reactive ketones (excluding diaryl/α,β-unsaturated/α-hetero) is 1. The lowest BCUT2D eigenvalue weighted by molar-refractivity contribution is -0.121. The minimum absolute atomic E-state index is 0.0617. The van der Waals surface area contributed by atoms with Gasteiger partial charge in [-0.1, -0.05) is 11.4 Å². The van der Waals surface area contributed by atoms with E-state index in [2.05, 4.69) is 10.1 Å². The maximum absolute atomic E-state index is 11.8. The summed E-state index contributed by atoms with van der Waals surface area (Å²) in [4.78, 5) is 35.5. The number of nitrogens with zero attached hydrogens (tertiary/aromatic N) is 3. The minimum Gasteiger partial charge on any atom is -0.363 e. The monoisotopic (exact) mass is 320 g/mol. The number of carbonyl (C=O) groups excluding carboxylic acids is 2. The summed E-state index contributed by atoms with van der Waals surface area (Å²) >= 11 is 0.788. The molecule has 0 spiro atoms. The lowest BCUT2D eigenvalue weighted by Crippen LogP contribution is -2.19. The predicted molar refractivity (Wildman–Crippen MR) is 70.3 cm³/mol. The van der Waals surface area contributed by atoms with E-state index < -0.39 is 24.8 Å². The summed E-state index contributed by atoms with van der Waals surface area (Å²) < 4.78 is 17.9. The number of nitrogens with two attached hydrogens (primary N) is 1. The summed E-state index contributed by atoms with van der Waals surface area (Å²) in [6.45, 7) is -2.06. The highest BCUT2D eigenvalue weighted by molar-refractivity contribution is 8.56. The first-order valence-corrected chi connectivity index (χ1v) is 9.30. The number of hydrogen-bond acceptors (Lipinski definition) is 7. The van der Waals surface area contributed by atoms with Gasteiger partial charge in [-0.3, -0.25) is 14.2 Å². The first kappa shape index (κ1) is 15.2. The average Bonchev–Trinajstić information content (AvgIpc) is 2.91. The van der Waals surface area contributed by atoms with Crippen LogP contribution in [0.1, 0.15) is 23.3 Å². The highest BCUT2D eigenvalue weighted by Gasteiger charge is 2.36. The van der Waals surface area contributed by atoms with Gasteiger partial charge in [0.05, 0.1) is 6.42 Å². The molecule has 1 saturated heterocycles. The van der Waals surface area contributed by atoms with Crippen molar-refractivity contribution in [3.05, 3.63) is 12.2 Å². The van der Waals surface area contributed by atoms with E-state index in [1.54, 1.807) is 0 Å². The smallest absolute Gasteiger partial charge is 0.288 e. The molecular weight excluding hydrogens is 307 g/mol. The van der Waals surface area contributed by atoms with Gasteiger partial charge in [0, 0.05) is 12.4 Å². The molecule has 2 heterocycles. The SMILES string of the molecule is CP(=O)(O)SC[C@H]1O[C@@H](n2cnc(C(N)=O)n2)CC1=O. The van der Waals surface area contributed by atoms with E-state index in [1.807, 2.05) is 0 Å². The number of ether oxygens (including phenoxy) is 1. The molecule has 0 bridgehead atoms. The van der Waals surface area contributed by atoms with Crippen molar-refractivity contribution in [1.82, 2.24) is 14.8 Å². The number of amides is 1. The summed E-state index contributed by atoms with van der Waals surface area (Å²) in [5.74, 6) is -1.02. The number of rotatable bonds is 5. The van der Waals surface area contributed by atoms with Crippen LogP contribution in [-0.2, 0) is 14.1 Å². The molecule has 1 aromatic heterocycles. The van der Waals surface area contributed by atoms with Gasteiger partial charge in [0.2, 0.25) is 5.82 Å². The van der Waals surface area contributed by atoms with E-state index in [4.69, 9.17) is 10.5 Å². The molecule has 1 aliphatic heterocycles. The largest absolute Gasteiger partial charge is 0.363 e. The lowest BCUT2D eigenvalue weighted by Gasteiger charge is -2.12. The van der Waals surface area contributed by atoms with E-state index in [-0.39, 0.29) is 23.8 Å². The number of aromatic nitrogens is 3. The molecule has 1 amide bonds. The molecule has 0 aliphatic carbocycles. The van der Waals surface area contributed by atoms with Gasteiger partial charge in [0.15, 0.2) is 12.0 Å². The van der Waals surface area contributed by atoms with Gasteiger partial charge in [-0.2, -0.15) is 0 Å². The summed E-state index contributed by atoms with van der Waals surface area (Å²) in [5, 5.41) is 3.81. The number of hydrogen-bond donors (Lipinski definition) is 2. The molecule has 1 aromatic rings. The van der Waals surface area contributed by atoms with Crippen molar-refractivity contribution >= 4 is 29.6 Å². The Labute approximate surface area is 118 Å². The van der Waals surface area contributed by atoms with Gasteiger partial charge in [0.25, 0.3) is 12.5 Å². The topological polar surface area (TPSA) is 137 Å². The second-order valence-corrected chi connectivity index (χ2v) is 9.27. The normalized spacial score (nSPS) is 25.6.